The third kappa shape index (κ3) is 3.87. The van der Waals surface area contributed by atoms with Crippen LogP contribution in [-0.2, 0) is 0 Å². The number of carbonyl (C=O) groups is 1. The van der Waals surface area contributed by atoms with E-state index in [2.05, 4.69) is 6.92 Å². The first kappa shape index (κ1) is 18.4. The molecule has 2 aromatic rings. The molecule has 1 aliphatic heterocycles. The van der Waals surface area contributed by atoms with Gasteiger partial charge in [0, 0.05) is 18.7 Å². The second kappa shape index (κ2) is 7.85. The third-order valence-corrected chi connectivity index (χ3v) is 4.97. The Hall–Kier alpha value is -2.43. The quantitative estimate of drug-likeness (QED) is 0.780. The molecule has 1 amide bonds. The highest BCUT2D eigenvalue weighted by Crippen LogP contribution is 2.29. The molecule has 1 fully saturated rings. The van der Waals surface area contributed by atoms with E-state index >= 15 is 0 Å². The van der Waals surface area contributed by atoms with Gasteiger partial charge in [0.1, 0.15) is 0 Å². The lowest BCUT2D eigenvalue weighted by Gasteiger charge is -2.20. The predicted octanol–water partition coefficient (Wildman–Crippen LogP) is 4.90. The van der Waals surface area contributed by atoms with Crippen LogP contribution < -0.4 is 4.74 Å². The van der Waals surface area contributed by atoms with Crippen LogP contribution in [0.25, 0.3) is 11.1 Å². The van der Waals surface area contributed by atoms with Gasteiger partial charge in [-0.15, -0.1) is 0 Å². The van der Waals surface area contributed by atoms with Crippen LogP contribution in [0.3, 0.4) is 0 Å². The van der Waals surface area contributed by atoms with Gasteiger partial charge >= 0.3 is 0 Å². The van der Waals surface area contributed by atoms with Gasteiger partial charge in [-0.2, -0.15) is 0 Å². The van der Waals surface area contributed by atoms with E-state index in [1.807, 2.05) is 4.90 Å². The number of methoxy groups -OCH3 is 1. The van der Waals surface area contributed by atoms with E-state index in [0.29, 0.717) is 22.6 Å². The number of nitrogens with zero attached hydrogens (tertiary/aromatic N) is 1. The lowest BCUT2D eigenvalue weighted by Crippen LogP contribution is -2.31. The van der Waals surface area contributed by atoms with Crippen molar-refractivity contribution >= 4 is 5.91 Å². The summed E-state index contributed by atoms with van der Waals surface area (Å²) in [6, 6.07) is 9.32. The lowest BCUT2D eigenvalue weighted by molar-refractivity contribution is 0.0760. The summed E-state index contributed by atoms with van der Waals surface area (Å²) in [6.07, 6.45) is 3.20. The monoisotopic (exact) mass is 359 g/mol. The maximum Gasteiger partial charge on any atom is 0.253 e. The Morgan fingerprint density at radius 3 is 2.31 bits per heavy atom. The van der Waals surface area contributed by atoms with Gasteiger partial charge in [-0.1, -0.05) is 19.1 Å². The number of benzene rings is 2. The molecule has 0 bridgehead atoms. The molecule has 3 nitrogen and oxygen atoms in total. The first-order valence-electron chi connectivity index (χ1n) is 8.92. The maximum absolute atomic E-state index is 13.9. The molecule has 5 heteroatoms. The fraction of sp³-hybridized carbons (Fsp3) is 0.381. The van der Waals surface area contributed by atoms with Crippen molar-refractivity contribution in [1.82, 2.24) is 4.90 Å². The minimum Gasteiger partial charge on any atom is -0.491 e. The smallest absolute Gasteiger partial charge is 0.253 e. The summed E-state index contributed by atoms with van der Waals surface area (Å²) in [7, 11) is 1.23. The van der Waals surface area contributed by atoms with Crippen molar-refractivity contribution < 1.29 is 18.3 Å². The number of ether oxygens (including phenoxy) is 1. The second-order valence-electron chi connectivity index (χ2n) is 6.88. The Balaban J connectivity index is 1.79. The molecule has 0 saturated carbocycles. The van der Waals surface area contributed by atoms with E-state index in [0.717, 1.165) is 32.4 Å². The molecule has 0 aromatic heterocycles. The first-order valence-corrected chi connectivity index (χ1v) is 8.92. The highest BCUT2D eigenvalue weighted by molar-refractivity contribution is 5.94. The highest BCUT2D eigenvalue weighted by atomic mass is 19.1. The van der Waals surface area contributed by atoms with Crippen LogP contribution in [0, 0.1) is 17.6 Å². The van der Waals surface area contributed by atoms with Crippen LogP contribution in [0.1, 0.15) is 36.5 Å². The van der Waals surface area contributed by atoms with Crippen LogP contribution >= 0.6 is 0 Å². The fourth-order valence-electron chi connectivity index (χ4n) is 3.38. The van der Waals surface area contributed by atoms with E-state index in [1.165, 1.54) is 19.2 Å². The molecule has 0 spiro atoms. The van der Waals surface area contributed by atoms with E-state index < -0.39 is 17.4 Å². The number of halogens is 2. The molecule has 3 rings (SSSR count). The summed E-state index contributed by atoms with van der Waals surface area (Å²) in [6.45, 7) is 3.77. The van der Waals surface area contributed by atoms with Crippen LogP contribution in [-0.4, -0.2) is 31.0 Å². The summed E-state index contributed by atoms with van der Waals surface area (Å²) in [5, 5.41) is 0. The van der Waals surface area contributed by atoms with Crippen LogP contribution in [0.15, 0.2) is 36.4 Å². The van der Waals surface area contributed by atoms with Gasteiger partial charge in [0.05, 0.1) is 7.11 Å². The average molecular weight is 359 g/mol. The minimum atomic E-state index is -0.749. The van der Waals surface area contributed by atoms with Gasteiger partial charge in [0.25, 0.3) is 5.91 Å². The number of carbonyl (C=O) groups excluding carboxylic acids is 1. The van der Waals surface area contributed by atoms with Crippen molar-refractivity contribution in [2.45, 2.75) is 26.2 Å². The van der Waals surface area contributed by atoms with Crippen molar-refractivity contribution in [2.24, 2.45) is 5.92 Å². The summed E-state index contributed by atoms with van der Waals surface area (Å²) < 4.78 is 32.5. The first-order chi connectivity index (χ1) is 12.5. The van der Waals surface area contributed by atoms with Gasteiger partial charge in [-0.25, -0.2) is 8.78 Å². The largest absolute Gasteiger partial charge is 0.491 e. The summed E-state index contributed by atoms with van der Waals surface area (Å²) in [5.74, 6) is -1.23. The molecule has 0 radical (unpaired) electrons. The van der Waals surface area contributed by atoms with Crippen molar-refractivity contribution in [2.75, 3.05) is 20.2 Å². The molecule has 138 valence electrons. The molecular formula is C21H23F2NO2. The molecule has 1 saturated heterocycles. The van der Waals surface area contributed by atoms with Crippen molar-refractivity contribution in [3.63, 3.8) is 0 Å². The van der Waals surface area contributed by atoms with Gasteiger partial charge in [-0.05, 0) is 60.6 Å². The molecule has 1 atom stereocenters. The Kier molecular flexibility index (Phi) is 5.55. The van der Waals surface area contributed by atoms with Gasteiger partial charge in [0.2, 0.25) is 0 Å². The zero-order chi connectivity index (χ0) is 18.7. The number of hydrogen-bond acceptors (Lipinski definition) is 2. The molecule has 1 aliphatic rings. The molecule has 26 heavy (non-hydrogen) atoms. The van der Waals surface area contributed by atoms with Crippen LogP contribution in [0.5, 0.6) is 5.75 Å². The Bertz CT molecular complexity index is 766. The van der Waals surface area contributed by atoms with Crippen molar-refractivity contribution in [3.8, 4) is 16.9 Å². The number of rotatable bonds is 3. The average Bonchev–Trinajstić information content (AvgIpc) is 2.85. The van der Waals surface area contributed by atoms with Gasteiger partial charge in [-0.3, -0.25) is 4.79 Å². The number of amides is 1. The molecular weight excluding hydrogens is 336 g/mol. The summed E-state index contributed by atoms with van der Waals surface area (Å²) in [4.78, 5) is 14.6. The Morgan fingerprint density at radius 1 is 1.04 bits per heavy atom. The summed E-state index contributed by atoms with van der Waals surface area (Å²) in [5.41, 5.74) is 1.65. The van der Waals surface area contributed by atoms with E-state index in [4.69, 9.17) is 4.74 Å². The van der Waals surface area contributed by atoms with Crippen LogP contribution in [0.2, 0.25) is 0 Å². The highest BCUT2D eigenvalue weighted by Gasteiger charge is 2.20. The maximum atomic E-state index is 13.9. The van der Waals surface area contributed by atoms with E-state index in [-0.39, 0.29) is 5.91 Å². The Morgan fingerprint density at radius 2 is 1.69 bits per heavy atom. The fourth-order valence-corrected chi connectivity index (χ4v) is 3.38. The normalized spacial score (nSPS) is 17.7. The zero-order valence-corrected chi connectivity index (χ0v) is 15.1. The lowest BCUT2D eigenvalue weighted by atomic mass is 10.0. The van der Waals surface area contributed by atoms with E-state index in [9.17, 15) is 13.6 Å². The number of likely N-dealkylation sites (tertiary alicyclic amines) is 1. The van der Waals surface area contributed by atoms with Crippen molar-refractivity contribution in [1.29, 1.82) is 0 Å². The molecule has 1 heterocycles. The standard InChI is InChI=1S/C21H23F2NO2/c1-14-4-3-10-24(11-9-14)21(25)16-7-5-15(6-8-16)17-12-18(22)20(26-2)19(23)13-17/h5-8,12-14H,3-4,9-11H2,1-2H3/t14-/m0/s1. The molecule has 0 N–H and O–H groups in total. The van der Waals surface area contributed by atoms with Crippen molar-refractivity contribution in [3.05, 3.63) is 53.6 Å². The molecule has 0 unspecified atom stereocenters. The number of hydrogen-bond donors (Lipinski definition) is 0. The summed E-state index contributed by atoms with van der Waals surface area (Å²) >= 11 is 0. The SMILES string of the molecule is COc1c(F)cc(-c2ccc(C(=O)N3CCC[C@H](C)CC3)cc2)cc1F. The van der Waals surface area contributed by atoms with E-state index in [1.54, 1.807) is 24.3 Å². The van der Waals surface area contributed by atoms with Gasteiger partial charge in [0.15, 0.2) is 17.4 Å². The Labute approximate surface area is 152 Å². The molecule has 2 aromatic carbocycles. The zero-order valence-electron chi connectivity index (χ0n) is 15.1. The van der Waals surface area contributed by atoms with Gasteiger partial charge < -0.3 is 9.64 Å². The molecule has 0 aliphatic carbocycles. The minimum absolute atomic E-state index is 0.0118. The third-order valence-electron chi connectivity index (χ3n) is 4.97. The van der Waals surface area contributed by atoms with Crippen LogP contribution in [0.4, 0.5) is 8.78 Å². The second-order valence-corrected chi connectivity index (χ2v) is 6.88. The topological polar surface area (TPSA) is 29.5 Å². The predicted molar refractivity (Wildman–Crippen MR) is 97.3 cm³/mol.